The fourth-order valence-corrected chi connectivity index (χ4v) is 0. The van der Waals surface area contributed by atoms with Gasteiger partial charge in [-0.25, -0.2) is 0 Å². The maximum absolute atomic E-state index is 2.25. The summed E-state index contributed by atoms with van der Waals surface area (Å²) in [6.45, 7) is 0. The molecule has 0 rings (SSSR count). The first-order valence-electron chi connectivity index (χ1n) is 0.894. The van der Waals surface area contributed by atoms with Crippen LogP contribution in [0.4, 0.5) is 0 Å². The first kappa shape index (κ1) is 4.02. The van der Waals surface area contributed by atoms with Crippen LogP contribution in [0.15, 0.2) is 0 Å². The summed E-state index contributed by atoms with van der Waals surface area (Å²) in [6, 6.07) is 0. The molecule has 0 aliphatic carbocycles. The van der Waals surface area contributed by atoms with Crippen molar-refractivity contribution >= 4 is 7.98 Å². The standard InChI is InChI=1S/C2H9BN/c1-4(2)3/h1-3H3. The van der Waals surface area contributed by atoms with E-state index in [1.54, 1.807) is 0 Å². The third-order valence-electron chi connectivity index (χ3n) is 0. The molecule has 0 N–H and O–H groups in total. The lowest BCUT2D eigenvalue weighted by atomic mass is 10.4. The lowest BCUT2D eigenvalue weighted by Gasteiger charge is -1.90. The molecular formula is C2H9BN. The molecule has 0 aromatic rings. The van der Waals surface area contributed by atoms with Crippen LogP contribution in [0, 0.1) is 0 Å². The number of rotatable bonds is 0. The van der Waals surface area contributed by atoms with Crippen molar-refractivity contribution in [3.63, 3.8) is 0 Å². The third kappa shape index (κ3) is 3420. The van der Waals surface area contributed by atoms with Crippen LogP contribution in [-0.4, -0.2) is 22.1 Å². The van der Waals surface area contributed by atoms with Crippen LogP contribution in [0.25, 0.3) is 0 Å². The van der Waals surface area contributed by atoms with Crippen LogP contribution in [0.5, 0.6) is 0 Å². The Balaban J connectivity index is 2.32. The van der Waals surface area contributed by atoms with Gasteiger partial charge in [-0.3, -0.25) is 0 Å². The normalized spacial score (nSPS) is 9.00. The predicted octanol–water partition coefficient (Wildman–Crippen LogP) is -1.33. The minimum absolute atomic E-state index is 0.528. The monoisotopic (exact) mass is 58.1 g/mol. The summed E-state index contributed by atoms with van der Waals surface area (Å²) in [5, 5.41) is 0. The Morgan fingerprint density at radius 3 is 1.50 bits per heavy atom. The van der Waals surface area contributed by atoms with E-state index >= 15 is 0 Å². The van der Waals surface area contributed by atoms with Gasteiger partial charge >= 0.3 is 0 Å². The Bertz CT molecular complexity index is 10.8. The van der Waals surface area contributed by atoms with E-state index in [-0.39, 0.29) is 0 Å². The molecule has 0 aliphatic rings. The van der Waals surface area contributed by atoms with E-state index < -0.39 is 0 Å². The van der Waals surface area contributed by atoms with Crippen LogP contribution >= 0.6 is 0 Å². The molecule has 0 saturated carbocycles. The molecule has 0 aliphatic heterocycles. The summed E-state index contributed by atoms with van der Waals surface area (Å²) >= 11 is 0. The van der Waals surface area contributed by atoms with Gasteiger partial charge in [0.25, 0.3) is 0 Å². The van der Waals surface area contributed by atoms with Crippen LogP contribution < -0.4 is 4.81 Å². The smallest absolute Gasteiger partial charge is 0.209 e. The van der Waals surface area contributed by atoms with E-state index in [9.17, 15) is 0 Å². The van der Waals surface area contributed by atoms with Gasteiger partial charge in [-0.1, -0.05) is 0 Å². The Morgan fingerprint density at radius 2 is 1.50 bits per heavy atom. The van der Waals surface area contributed by atoms with Crippen molar-refractivity contribution in [1.82, 2.24) is 4.81 Å². The molecule has 25 valence electrons. The molecule has 2 heteroatoms. The average molecular weight is 57.9 g/mol. The van der Waals surface area contributed by atoms with E-state index in [0.717, 1.165) is 0 Å². The molecule has 0 amide bonds. The van der Waals surface area contributed by atoms with E-state index in [2.05, 4.69) is 18.9 Å². The predicted molar refractivity (Wildman–Crippen MR) is 23.9 cm³/mol. The third-order valence-corrected chi connectivity index (χ3v) is 0. The zero-order valence-electron chi connectivity index (χ0n) is 2.45. The molecule has 4 heavy (non-hydrogen) atoms. The zero-order valence-corrected chi connectivity index (χ0v) is 2.45. The van der Waals surface area contributed by atoms with Crippen molar-refractivity contribution in [2.45, 2.75) is 0 Å². The fourth-order valence-electron chi connectivity index (χ4n) is 0. The Morgan fingerprint density at radius 1 is 1.50 bits per heavy atom. The van der Waals surface area contributed by atoms with Gasteiger partial charge in [-0.15, -0.1) is 0 Å². The maximum Gasteiger partial charge on any atom is 0.209 e. The highest BCUT2D eigenvalue weighted by atomic mass is 14.9. The van der Waals surface area contributed by atoms with Crippen molar-refractivity contribution in [2.24, 2.45) is 0 Å². The molecule has 0 aromatic carbocycles. The number of hydrogen-bond donors (Lipinski definition) is 0. The summed E-state index contributed by atoms with van der Waals surface area (Å²) in [7, 11) is 4.75. The lowest BCUT2D eigenvalue weighted by Crippen LogP contribution is -2.11. The summed E-state index contributed by atoms with van der Waals surface area (Å²) in [5.74, 6) is 0. The number of nitrogens with zero attached hydrogens (tertiary/aromatic N) is 1. The minimum atomic E-state index is 0.528. The molecule has 0 aromatic heterocycles. The SMILES string of the molecule is [BH3-][N+](C)C. The summed E-state index contributed by atoms with van der Waals surface area (Å²) in [5.41, 5.74) is 0. The van der Waals surface area contributed by atoms with Crippen LogP contribution in [0.2, 0.25) is 0 Å². The van der Waals surface area contributed by atoms with Crippen molar-refractivity contribution in [3.8, 4) is 0 Å². The first-order valence-corrected chi connectivity index (χ1v) is 0.894. The van der Waals surface area contributed by atoms with Crippen molar-refractivity contribution in [2.75, 3.05) is 14.1 Å². The Kier molecular flexibility index (Phi) is 1.36. The van der Waals surface area contributed by atoms with E-state index in [1.165, 1.54) is 0 Å². The molecule has 0 unspecified atom stereocenters. The van der Waals surface area contributed by atoms with Gasteiger partial charge in [0.05, 0.1) is 14.1 Å². The summed E-state index contributed by atoms with van der Waals surface area (Å²) < 4.78 is 0. The maximum atomic E-state index is 2.25. The highest BCUT2D eigenvalue weighted by Gasteiger charge is 1.61. The van der Waals surface area contributed by atoms with Gasteiger partial charge in [-0.05, 0) is 0 Å². The Labute approximate surface area is 28.0 Å². The highest BCUT2D eigenvalue weighted by molar-refractivity contribution is 6.06. The topological polar surface area (TPSA) is 5.90 Å². The van der Waals surface area contributed by atoms with Crippen LogP contribution in [-0.2, 0) is 0 Å². The molecule has 0 saturated heterocycles. The molecule has 0 heterocycles. The molecule has 0 bridgehead atoms. The van der Waals surface area contributed by atoms with Gasteiger partial charge < -0.3 is 4.81 Å². The quantitative estimate of drug-likeness (QED) is 0.304. The second-order valence-corrected chi connectivity index (χ2v) is 0.447. The van der Waals surface area contributed by atoms with E-state index in [1.807, 2.05) is 0 Å². The molecule has 1 radical (unpaired) electrons. The van der Waals surface area contributed by atoms with Gasteiger partial charge in [0, 0.05) is 0 Å². The van der Waals surface area contributed by atoms with Crippen LogP contribution in [0.1, 0.15) is 0 Å². The molecule has 1 nitrogen and oxygen atoms in total. The van der Waals surface area contributed by atoms with Crippen molar-refractivity contribution in [1.29, 1.82) is 0 Å². The molecule has 0 atom stereocenters. The Hall–Kier alpha value is 0.0249. The largest absolute Gasteiger partial charge is 0.404 e. The second-order valence-electron chi connectivity index (χ2n) is 0.447. The van der Waals surface area contributed by atoms with Gasteiger partial charge in [-0.2, -0.15) is 0 Å². The molecule has 0 fully saturated rings. The average Bonchev–Trinajstić information content (AvgIpc) is 0.811. The zero-order chi connectivity index (χ0) is 3.58. The fraction of sp³-hybridized carbons (Fsp3) is 1.00. The van der Waals surface area contributed by atoms with Gasteiger partial charge in [0.15, 0.2) is 0 Å². The lowest BCUT2D eigenvalue weighted by molar-refractivity contribution is 0.869. The summed E-state index contributed by atoms with van der Waals surface area (Å²) in [4.78, 5) is 2.25. The van der Waals surface area contributed by atoms with E-state index in [0.29, 0.717) is 7.98 Å². The van der Waals surface area contributed by atoms with E-state index in [4.69, 9.17) is 0 Å². The van der Waals surface area contributed by atoms with Gasteiger partial charge in [0.1, 0.15) is 0 Å². The van der Waals surface area contributed by atoms with Crippen molar-refractivity contribution in [3.05, 3.63) is 0 Å². The van der Waals surface area contributed by atoms with Gasteiger partial charge in [0.2, 0.25) is 7.98 Å². The highest BCUT2D eigenvalue weighted by Crippen LogP contribution is 1.37. The number of hydrogen-bond acceptors (Lipinski definition) is 1. The van der Waals surface area contributed by atoms with Crippen molar-refractivity contribution < 1.29 is 0 Å². The summed E-state index contributed by atoms with van der Waals surface area (Å²) in [6.07, 6.45) is 0. The molecular weight excluding hydrogens is 48.8 g/mol. The molecule has 0 spiro atoms. The van der Waals surface area contributed by atoms with Crippen LogP contribution in [0.3, 0.4) is 0 Å². The first-order chi connectivity index (χ1) is 1.73. The second kappa shape index (κ2) is 1.36. The minimum Gasteiger partial charge on any atom is -0.404 e.